The van der Waals surface area contributed by atoms with Crippen LogP contribution < -0.4 is 5.32 Å². The summed E-state index contributed by atoms with van der Waals surface area (Å²) >= 11 is 0. The second-order valence-electron chi connectivity index (χ2n) is 6.26. The van der Waals surface area contributed by atoms with Crippen LogP contribution in [-0.4, -0.2) is 49.8 Å². The molecule has 3 heteroatoms. The Morgan fingerprint density at radius 1 is 1.33 bits per heavy atom. The smallest absolute Gasteiger partial charge is 0.0674 e. The van der Waals surface area contributed by atoms with Crippen LogP contribution in [0.5, 0.6) is 0 Å². The first-order chi connectivity index (χ1) is 8.50. The Bertz CT molecular complexity index is 235. The number of rotatable bonds is 7. The highest BCUT2D eigenvalue weighted by Gasteiger charge is 2.31. The molecular formula is C15H32N2O. The fourth-order valence-corrected chi connectivity index (χ4v) is 2.94. The van der Waals surface area contributed by atoms with Crippen LogP contribution in [0.15, 0.2) is 0 Å². The fraction of sp³-hybridized carbons (Fsp3) is 1.00. The van der Waals surface area contributed by atoms with Crippen molar-refractivity contribution in [1.29, 1.82) is 0 Å². The molecule has 0 spiro atoms. The number of hydrogen-bond acceptors (Lipinski definition) is 3. The molecule has 3 unspecified atom stereocenters. The third-order valence-corrected chi connectivity index (χ3v) is 3.98. The van der Waals surface area contributed by atoms with Crippen LogP contribution >= 0.6 is 0 Å². The molecule has 0 bridgehead atoms. The molecule has 1 rings (SSSR count). The molecule has 1 fully saturated rings. The number of ether oxygens (including phenoxy) is 1. The topological polar surface area (TPSA) is 24.5 Å². The average Bonchev–Trinajstić information content (AvgIpc) is 2.32. The zero-order valence-electron chi connectivity index (χ0n) is 13.0. The molecule has 3 nitrogen and oxygen atoms in total. The highest BCUT2D eigenvalue weighted by Crippen LogP contribution is 2.26. The molecule has 0 saturated carbocycles. The van der Waals surface area contributed by atoms with Gasteiger partial charge >= 0.3 is 0 Å². The van der Waals surface area contributed by atoms with Gasteiger partial charge in [-0.25, -0.2) is 0 Å². The van der Waals surface area contributed by atoms with Crippen molar-refractivity contribution in [3.8, 4) is 0 Å². The molecule has 1 heterocycles. The lowest BCUT2D eigenvalue weighted by atomic mass is 9.84. The average molecular weight is 256 g/mol. The molecule has 0 aromatic heterocycles. The third-order valence-electron chi connectivity index (χ3n) is 3.98. The number of hydrogen-bond donors (Lipinski definition) is 1. The van der Waals surface area contributed by atoms with Gasteiger partial charge in [-0.2, -0.15) is 0 Å². The molecule has 1 aliphatic heterocycles. The van der Waals surface area contributed by atoms with Crippen LogP contribution in [0, 0.1) is 5.41 Å². The highest BCUT2D eigenvalue weighted by atomic mass is 16.5. The van der Waals surface area contributed by atoms with E-state index < -0.39 is 0 Å². The molecule has 0 aromatic rings. The van der Waals surface area contributed by atoms with E-state index in [9.17, 15) is 0 Å². The molecule has 1 saturated heterocycles. The van der Waals surface area contributed by atoms with Gasteiger partial charge in [0.15, 0.2) is 0 Å². The molecular weight excluding hydrogens is 224 g/mol. The summed E-state index contributed by atoms with van der Waals surface area (Å²) < 4.78 is 5.72. The SMILES string of the molecule is CCCC(C)(CNCC)CN1CC(C)OCC1C. The van der Waals surface area contributed by atoms with E-state index in [1.54, 1.807) is 0 Å². The fourth-order valence-electron chi connectivity index (χ4n) is 2.94. The molecule has 0 amide bonds. The van der Waals surface area contributed by atoms with E-state index in [1.807, 2.05) is 0 Å². The van der Waals surface area contributed by atoms with Gasteiger partial charge in [-0.3, -0.25) is 4.90 Å². The van der Waals surface area contributed by atoms with E-state index in [0.29, 0.717) is 17.6 Å². The maximum atomic E-state index is 5.72. The van der Waals surface area contributed by atoms with Crippen molar-refractivity contribution in [3.05, 3.63) is 0 Å². The zero-order chi connectivity index (χ0) is 13.6. The van der Waals surface area contributed by atoms with E-state index in [4.69, 9.17) is 4.74 Å². The zero-order valence-corrected chi connectivity index (χ0v) is 13.0. The van der Waals surface area contributed by atoms with Gasteiger partial charge in [0.05, 0.1) is 12.7 Å². The van der Waals surface area contributed by atoms with E-state index in [1.165, 1.54) is 19.4 Å². The summed E-state index contributed by atoms with van der Waals surface area (Å²) in [4.78, 5) is 2.61. The lowest BCUT2D eigenvalue weighted by molar-refractivity contribution is -0.0622. The summed E-state index contributed by atoms with van der Waals surface area (Å²) in [6, 6.07) is 0.555. The van der Waals surface area contributed by atoms with Gasteiger partial charge < -0.3 is 10.1 Å². The van der Waals surface area contributed by atoms with Crippen molar-refractivity contribution in [3.63, 3.8) is 0 Å². The largest absolute Gasteiger partial charge is 0.376 e. The summed E-state index contributed by atoms with van der Waals surface area (Å²) in [5.41, 5.74) is 0.385. The van der Waals surface area contributed by atoms with E-state index in [2.05, 4.69) is 44.8 Å². The van der Waals surface area contributed by atoms with Gasteiger partial charge in [0.1, 0.15) is 0 Å². The molecule has 108 valence electrons. The minimum absolute atomic E-state index is 0.381. The van der Waals surface area contributed by atoms with Gasteiger partial charge in [-0.05, 0) is 32.2 Å². The van der Waals surface area contributed by atoms with E-state index in [-0.39, 0.29) is 0 Å². The Hall–Kier alpha value is -0.120. The summed E-state index contributed by atoms with van der Waals surface area (Å²) in [6.45, 7) is 16.7. The Labute approximate surface area is 113 Å². The first-order valence-electron chi connectivity index (χ1n) is 7.57. The predicted octanol–water partition coefficient (Wildman–Crippen LogP) is 2.51. The highest BCUT2D eigenvalue weighted by molar-refractivity contribution is 4.85. The molecule has 0 aliphatic carbocycles. The predicted molar refractivity (Wildman–Crippen MR) is 78.0 cm³/mol. The third kappa shape index (κ3) is 4.87. The summed E-state index contributed by atoms with van der Waals surface area (Å²) in [7, 11) is 0. The van der Waals surface area contributed by atoms with Crippen molar-refractivity contribution in [2.45, 2.75) is 59.6 Å². The van der Waals surface area contributed by atoms with Crippen LogP contribution in [0.2, 0.25) is 0 Å². The minimum Gasteiger partial charge on any atom is -0.376 e. The van der Waals surface area contributed by atoms with Crippen molar-refractivity contribution in [1.82, 2.24) is 10.2 Å². The van der Waals surface area contributed by atoms with Gasteiger partial charge in [-0.15, -0.1) is 0 Å². The summed E-state index contributed by atoms with van der Waals surface area (Å²) in [5.74, 6) is 0. The second-order valence-corrected chi connectivity index (χ2v) is 6.26. The standard InChI is InChI=1S/C15H32N2O/c1-6-8-15(5,11-16-7-2)12-17-9-14(4)18-10-13(17)3/h13-14,16H,6-12H2,1-5H3. The van der Waals surface area contributed by atoms with Crippen LogP contribution in [0.3, 0.4) is 0 Å². The molecule has 0 radical (unpaired) electrons. The normalized spacial score (nSPS) is 29.2. The Morgan fingerprint density at radius 2 is 2.06 bits per heavy atom. The van der Waals surface area contributed by atoms with E-state index in [0.717, 1.165) is 26.2 Å². The Morgan fingerprint density at radius 3 is 2.67 bits per heavy atom. The number of nitrogens with one attached hydrogen (secondary N) is 1. The van der Waals surface area contributed by atoms with E-state index >= 15 is 0 Å². The van der Waals surface area contributed by atoms with Gasteiger partial charge in [0.25, 0.3) is 0 Å². The van der Waals surface area contributed by atoms with Crippen LogP contribution in [0.1, 0.15) is 47.5 Å². The first-order valence-corrected chi connectivity index (χ1v) is 7.57. The lowest BCUT2D eigenvalue weighted by Gasteiger charge is -2.42. The molecule has 0 aromatic carbocycles. The Balaban J connectivity index is 2.57. The maximum Gasteiger partial charge on any atom is 0.0674 e. The number of morpholine rings is 1. The van der Waals surface area contributed by atoms with Crippen LogP contribution in [-0.2, 0) is 4.74 Å². The van der Waals surface area contributed by atoms with Crippen molar-refractivity contribution < 1.29 is 4.74 Å². The van der Waals surface area contributed by atoms with Gasteiger partial charge in [-0.1, -0.05) is 27.2 Å². The summed E-state index contributed by atoms with van der Waals surface area (Å²) in [5, 5.41) is 3.53. The molecule has 1 N–H and O–H groups in total. The molecule has 3 atom stereocenters. The first kappa shape index (κ1) is 15.9. The van der Waals surface area contributed by atoms with Crippen molar-refractivity contribution in [2.75, 3.05) is 32.8 Å². The molecule has 18 heavy (non-hydrogen) atoms. The van der Waals surface area contributed by atoms with Gasteiger partial charge in [0.2, 0.25) is 0 Å². The monoisotopic (exact) mass is 256 g/mol. The van der Waals surface area contributed by atoms with Crippen molar-refractivity contribution >= 4 is 0 Å². The van der Waals surface area contributed by atoms with Crippen LogP contribution in [0.4, 0.5) is 0 Å². The second kappa shape index (κ2) is 7.46. The maximum absolute atomic E-state index is 5.72. The Kier molecular flexibility index (Phi) is 6.61. The van der Waals surface area contributed by atoms with Crippen molar-refractivity contribution in [2.24, 2.45) is 5.41 Å². The lowest BCUT2D eigenvalue weighted by Crippen LogP contribution is -2.52. The van der Waals surface area contributed by atoms with Gasteiger partial charge in [0, 0.05) is 25.7 Å². The molecule has 1 aliphatic rings. The minimum atomic E-state index is 0.381. The quantitative estimate of drug-likeness (QED) is 0.757. The number of nitrogens with zero attached hydrogens (tertiary/aromatic N) is 1. The summed E-state index contributed by atoms with van der Waals surface area (Å²) in [6.07, 6.45) is 2.93. The van der Waals surface area contributed by atoms with Crippen LogP contribution in [0.25, 0.3) is 0 Å².